The molecule has 0 fully saturated rings. The summed E-state index contributed by atoms with van der Waals surface area (Å²) in [4.78, 5) is 44.0. The second kappa shape index (κ2) is 15.9. The SMILES string of the molecule is C=CCOP(=O)(CC/C(=N/OC(C)=O)C(=O)c1ccc(Sc2ccc(C(=O)c3ccccc3C)cc2)cc1)OCC=C. The van der Waals surface area contributed by atoms with Crippen LogP contribution < -0.4 is 0 Å². The van der Waals surface area contributed by atoms with Crippen LogP contribution in [0.1, 0.15) is 45.2 Å². The molecule has 218 valence electrons. The number of hydrogen-bond acceptors (Lipinski definition) is 9. The minimum atomic E-state index is -3.60. The Balaban J connectivity index is 1.71. The van der Waals surface area contributed by atoms with Gasteiger partial charge in [-0.1, -0.05) is 53.3 Å². The number of aryl methyl sites for hydroxylation is 1. The van der Waals surface area contributed by atoms with Gasteiger partial charge >= 0.3 is 13.6 Å². The fraction of sp³-hybridized carbons (Fsp3) is 0.188. The van der Waals surface area contributed by atoms with Crippen LogP contribution in [0.5, 0.6) is 0 Å². The molecule has 3 aromatic carbocycles. The van der Waals surface area contributed by atoms with E-state index in [9.17, 15) is 18.9 Å². The Morgan fingerprint density at radius 3 is 1.93 bits per heavy atom. The van der Waals surface area contributed by atoms with Crippen LogP contribution in [-0.4, -0.2) is 42.6 Å². The molecule has 0 saturated carbocycles. The van der Waals surface area contributed by atoms with Gasteiger partial charge in [0, 0.05) is 39.8 Å². The van der Waals surface area contributed by atoms with Crippen LogP contribution in [0, 0.1) is 6.92 Å². The number of carbonyl (C=O) groups excluding carboxylic acids is 3. The van der Waals surface area contributed by atoms with Crippen molar-refractivity contribution in [2.45, 2.75) is 30.1 Å². The quantitative estimate of drug-likeness (QED) is 0.0413. The van der Waals surface area contributed by atoms with Crippen LogP contribution in [0.3, 0.4) is 0 Å². The van der Waals surface area contributed by atoms with E-state index in [0.29, 0.717) is 16.7 Å². The molecule has 8 nitrogen and oxygen atoms in total. The molecule has 10 heteroatoms. The molecule has 0 aliphatic rings. The third-order valence-electron chi connectivity index (χ3n) is 5.81. The minimum Gasteiger partial charge on any atom is -0.318 e. The van der Waals surface area contributed by atoms with E-state index in [1.54, 1.807) is 36.4 Å². The van der Waals surface area contributed by atoms with Gasteiger partial charge in [0.25, 0.3) is 0 Å². The Hall–Kier alpha value is -3.88. The van der Waals surface area contributed by atoms with Crippen molar-refractivity contribution in [1.82, 2.24) is 0 Å². The Labute approximate surface area is 250 Å². The third-order valence-corrected chi connectivity index (χ3v) is 8.68. The van der Waals surface area contributed by atoms with Crippen LogP contribution in [0.4, 0.5) is 0 Å². The van der Waals surface area contributed by atoms with Gasteiger partial charge in [-0.2, -0.15) is 0 Å². The molecule has 0 bridgehead atoms. The topological polar surface area (TPSA) is 108 Å². The summed E-state index contributed by atoms with van der Waals surface area (Å²) >= 11 is 1.47. The molecule has 0 aliphatic heterocycles. The number of nitrogens with zero attached hydrogens (tertiary/aromatic N) is 1. The lowest BCUT2D eigenvalue weighted by molar-refractivity contribution is -0.140. The molecule has 0 aromatic heterocycles. The first-order chi connectivity index (χ1) is 20.2. The largest absolute Gasteiger partial charge is 0.331 e. The van der Waals surface area contributed by atoms with Crippen LogP contribution in [0.2, 0.25) is 0 Å². The van der Waals surface area contributed by atoms with Crippen LogP contribution in [-0.2, 0) is 23.2 Å². The maximum Gasteiger partial charge on any atom is 0.331 e. The lowest BCUT2D eigenvalue weighted by atomic mass is 9.99. The number of rotatable bonds is 16. The van der Waals surface area contributed by atoms with Crippen molar-refractivity contribution in [2.75, 3.05) is 19.4 Å². The van der Waals surface area contributed by atoms with Crippen molar-refractivity contribution in [1.29, 1.82) is 0 Å². The lowest BCUT2D eigenvalue weighted by Gasteiger charge is -2.17. The van der Waals surface area contributed by atoms with E-state index < -0.39 is 19.3 Å². The Morgan fingerprint density at radius 2 is 1.40 bits per heavy atom. The molecule has 0 N–H and O–H groups in total. The predicted octanol–water partition coefficient (Wildman–Crippen LogP) is 7.47. The molecular weight excluding hydrogens is 573 g/mol. The van der Waals surface area contributed by atoms with Crippen molar-refractivity contribution < 1.29 is 32.8 Å². The van der Waals surface area contributed by atoms with Gasteiger partial charge in [-0.25, -0.2) is 4.79 Å². The van der Waals surface area contributed by atoms with E-state index in [1.807, 2.05) is 43.3 Å². The van der Waals surface area contributed by atoms with E-state index in [-0.39, 0.29) is 37.3 Å². The van der Waals surface area contributed by atoms with Crippen LogP contribution in [0.15, 0.2) is 113 Å². The number of Topliss-reactive ketones (excluding diaryl/α,β-unsaturated/α-hetero) is 1. The van der Waals surface area contributed by atoms with Crippen molar-refractivity contribution in [3.05, 3.63) is 120 Å². The van der Waals surface area contributed by atoms with Gasteiger partial charge in [-0.3, -0.25) is 14.2 Å². The van der Waals surface area contributed by atoms with E-state index in [1.165, 1.54) is 23.9 Å². The maximum absolute atomic E-state index is 13.2. The summed E-state index contributed by atoms with van der Waals surface area (Å²) < 4.78 is 23.7. The van der Waals surface area contributed by atoms with E-state index in [0.717, 1.165) is 22.3 Å². The van der Waals surface area contributed by atoms with Gasteiger partial charge in [0.2, 0.25) is 5.78 Å². The number of hydrogen-bond donors (Lipinski definition) is 0. The predicted molar refractivity (Wildman–Crippen MR) is 165 cm³/mol. The molecule has 0 aliphatic carbocycles. The highest BCUT2D eigenvalue weighted by atomic mass is 32.2. The highest BCUT2D eigenvalue weighted by Gasteiger charge is 2.27. The molecule has 3 rings (SSSR count). The molecule has 42 heavy (non-hydrogen) atoms. The fourth-order valence-corrected chi connectivity index (χ4v) is 6.00. The number of benzene rings is 3. The molecular formula is C32H32NO7PS. The average molecular weight is 606 g/mol. The molecule has 0 radical (unpaired) electrons. The summed E-state index contributed by atoms with van der Waals surface area (Å²) in [6.45, 7) is 10.1. The molecule has 0 amide bonds. The van der Waals surface area contributed by atoms with Crippen LogP contribution in [0.25, 0.3) is 0 Å². The summed E-state index contributed by atoms with van der Waals surface area (Å²) in [5.41, 5.74) is 2.39. The van der Waals surface area contributed by atoms with Gasteiger partial charge in [0.1, 0.15) is 5.71 Å². The maximum atomic E-state index is 13.2. The number of ketones is 2. The lowest BCUT2D eigenvalue weighted by Crippen LogP contribution is -2.18. The number of oxime groups is 1. The number of carbonyl (C=O) groups is 3. The summed E-state index contributed by atoms with van der Waals surface area (Å²) in [7, 11) is -3.60. The normalized spacial score (nSPS) is 11.5. The zero-order valence-corrected chi connectivity index (χ0v) is 25.2. The molecule has 0 spiro atoms. The second-order valence-electron chi connectivity index (χ2n) is 9.00. The first kappa shape index (κ1) is 32.6. The standard InChI is InChI=1S/C32H32NO7PS/c1-5-20-38-41(37,39-21-6-2)22-19-30(33-40-24(4)34)32(36)26-13-17-28(18-14-26)42-27-15-11-25(12-16-27)31(35)29-10-8-7-9-23(29)3/h5-18H,1-2,19-22H2,3-4H3/b33-30-. The highest BCUT2D eigenvalue weighted by molar-refractivity contribution is 7.99. The van der Waals surface area contributed by atoms with Crippen molar-refractivity contribution in [3.8, 4) is 0 Å². The zero-order valence-electron chi connectivity index (χ0n) is 23.5. The molecule has 0 saturated heterocycles. The summed E-state index contributed by atoms with van der Waals surface area (Å²) in [5, 5.41) is 3.72. The average Bonchev–Trinajstić information content (AvgIpc) is 2.99. The zero-order chi connectivity index (χ0) is 30.5. The first-order valence-corrected chi connectivity index (χ1v) is 15.6. The Kier molecular flexibility index (Phi) is 12.4. The summed E-state index contributed by atoms with van der Waals surface area (Å²) in [5.74, 6) is -1.23. The Bertz CT molecular complexity index is 1500. The van der Waals surface area contributed by atoms with Gasteiger partial charge < -0.3 is 13.9 Å². The summed E-state index contributed by atoms with van der Waals surface area (Å²) in [6, 6.07) is 21.6. The molecule has 3 aromatic rings. The monoisotopic (exact) mass is 605 g/mol. The minimum absolute atomic E-state index is 0.0103. The van der Waals surface area contributed by atoms with Gasteiger partial charge in [0.05, 0.1) is 19.4 Å². The fourth-order valence-electron chi connectivity index (χ4n) is 3.70. The second-order valence-corrected chi connectivity index (χ2v) is 12.3. The summed E-state index contributed by atoms with van der Waals surface area (Å²) in [6.07, 6.45) is 2.57. The smallest absolute Gasteiger partial charge is 0.318 e. The molecule has 0 heterocycles. The van der Waals surface area contributed by atoms with Crippen molar-refractivity contribution >= 4 is 42.6 Å². The van der Waals surface area contributed by atoms with E-state index >= 15 is 0 Å². The van der Waals surface area contributed by atoms with Crippen LogP contribution >= 0.6 is 19.4 Å². The Morgan fingerprint density at radius 1 is 0.857 bits per heavy atom. The van der Waals surface area contributed by atoms with Crippen molar-refractivity contribution in [3.63, 3.8) is 0 Å². The van der Waals surface area contributed by atoms with E-state index in [4.69, 9.17) is 13.9 Å². The van der Waals surface area contributed by atoms with Gasteiger partial charge in [-0.05, 0) is 61.0 Å². The molecule has 0 atom stereocenters. The van der Waals surface area contributed by atoms with Gasteiger partial charge in [-0.15, -0.1) is 13.2 Å². The molecule has 0 unspecified atom stereocenters. The first-order valence-electron chi connectivity index (χ1n) is 13.0. The highest BCUT2D eigenvalue weighted by Crippen LogP contribution is 2.48. The van der Waals surface area contributed by atoms with E-state index in [2.05, 4.69) is 18.3 Å². The van der Waals surface area contributed by atoms with Gasteiger partial charge in [0.15, 0.2) is 5.78 Å². The third kappa shape index (κ3) is 9.60. The van der Waals surface area contributed by atoms with Crippen molar-refractivity contribution in [2.24, 2.45) is 5.16 Å².